The van der Waals surface area contributed by atoms with Gasteiger partial charge in [-0.1, -0.05) is 71.4 Å². The van der Waals surface area contributed by atoms with Crippen LogP contribution in [-0.2, 0) is 43.1 Å². The number of carbonyl (C=O) groups is 9. The second-order valence-corrected chi connectivity index (χ2v) is 14.6. The van der Waals surface area contributed by atoms with Gasteiger partial charge in [-0.05, 0) is 49.0 Å². The zero-order valence-corrected chi connectivity index (χ0v) is 33.0. The average molecular weight is 788 g/mol. The summed E-state index contributed by atoms with van der Waals surface area (Å²) in [5, 5.41) is 24.4. The van der Waals surface area contributed by atoms with Crippen molar-refractivity contribution < 1.29 is 53.0 Å². The maximum Gasteiger partial charge on any atom is 0.407 e. The molecule has 0 aliphatic carbocycles. The number of carboxylic acid groups (broad SMARTS) is 1. The molecule has 1 unspecified atom stereocenters. The second kappa shape index (κ2) is 23.4. The van der Waals surface area contributed by atoms with Gasteiger partial charge in [-0.25, -0.2) is 9.59 Å². The Balaban J connectivity index is 2.16. The van der Waals surface area contributed by atoms with Gasteiger partial charge in [0.2, 0.25) is 35.3 Å². The lowest BCUT2D eigenvalue weighted by molar-refractivity contribution is -0.142. The Kier molecular flexibility index (Phi) is 19.5. The molecule has 1 aliphatic heterocycles. The lowest BCUT2D eigenvalue weighted by Crippen LogP contribution is -2.59. The Morgan fingerprint density at radius 2 is 1.43 bits per heavy atom. The van der Waals surface area contributed by atoms with Crippen molar-refractivity contribution in [3.8, 4) is 0 Å². The summed E-state index contributed by atoms with van der Waals surface area (Å²) in [6, 6.07) is 2.85. The van der Waals surface area contributed by atoms with Crippen LogP contribution in [0.15, 0.2) is 30.3 Å². The molecular weight excluding hydrogens is 730 g/mol. The quantitative estimate of drug-likeness (QED) is 0.0847. The number of rotatable bonds is 21. The molecule has 1 aromatic rings. The number of aliphatic carboxylic acids is 1. The largest absolute Gasteiger partial charge is 0.479 e. The predicted molar refractivity (Wildman–Crippen MR) is 202 cm³/mol. The molecule has 18 nitrogen and oxygen atoms in total. The molecule has 1 fully saturated rings. The molecule has 0 radical (unpaired) electrons. The van der Waals surface area contributed by atoms with Crippen LogP contribution >= 0.6 is 0 Å². The number of Topliss-reactive ketones (excluding diaryl/α,β-unsaturated/α-hetero) is 1. The van der Waals surface area contributed by atoms with Gasteiger partial charge in [0.25, 0.3) is 5.91 Å². The monoisotopic (exact) mass is 787 g/mol. The number of hydrogen-bond acceptors (Lipinski definition) is 10. The summed E-state index contributed by atoms with van der Waals surface area (Å²) in [6.45, 7) is 10.1. The highest BCUT2D eigenvalue weighted by molar-refractivity contribution is 6.38. The van der Waals surface area contributed by atoms with E-state index in [1.165, 1.54) is 19.1 Å². The van der Waals surface area contributed by atoms with Crippen molar-refractivity contribution in [2.24, 2.45) is 17.8 Å². The minimum atomic E-state index is -1.39. The number of ether oxygens (including phenoxy) is 1. The number of nitrogens with one attached hydrogen (secondary N) is 6. The summed E-state index contributed by atoms with van der Waals surface area (Å²) in [6.07, 6.45) is 0.355. The van der Waals surface area contributed by atoms with Gasteiger partial charge in [0.1, 0.15) is 12.1 Å². The van der Waals surface area contributed by atoms with E-state index in [2.05, 4.69) is 31.9 Å². The van der Waals surface area contributed by atoms with Gasteiger partial charge in [-0.3, -0.25) is 33.6 Å². The summed E-state index contributed by atoms with van der Waals surface area (Å²) in [7, 11) is 0. The van der Waals surface area contributed by atoms with Crippen LogP contribution in [0, 0.1) is 17.8 Å². The fourth-order valence-corrected chi connectivity index (χ4v) is 5.95. The molecule has 1 aromatic carbocycles. The molecule has 2 rings (SSSR count). The molecule has 1 heterocycles. The molecule has 1 aliphatic rings. The fourth-order valence-electron chi connectivity index (χ4n) is 5.95. The van der Waals surface area contributed by atoms with E-state index in [-0.39, 0.29) is 62.7 Å². The number of nitrogens with zero attached hydrogens (tertiary/aromatic N) is 1. The third-order valence-electron chi connectivity index (χ3n) is 8.82. The van der Waals surface area contributed by atoms with E-state index >= 15 is 0 Å². The topological polar surface area (TPSA) is 259 Å². The number of hydrogen-bond donors (Lipinski definition) is 7. The Bertz CT molecular complexity index is 1550. The number of benzene rings is 1. The molecule has 4 atom stereocenters. The summed E-state index contributed by atoms with van der Waals surface area (Å²) >= 11 is 0. The van der Waals surface area contributed by atoms with E-state index in [9.17, 15) is 48.3 Å². The molecule has 0 spiro atoms. The number of carboxylic acids is 1. The van der Waals surface area contributed by atoms with Crippen molar-refractivity contribution in [2.45, 2.75) is 97.8 Å². The highest BCUT2D eigenvalue weighted by atomic mass is 16.5. The smallest absolute Gasteiger partial charge is 0.407 e. The zero-order valence-electron chi connectivity index (χ0n) is 33.0. The molecule has 7 amide bonds. The fraction of sp³-hybridized carbons (Fsp3) is 0.605. The van der Waals surface area contributed by atoms with Crippen molar-refractivity contribution in [1.82, 2.24) is 36.8 Å². The average Bonchev–Trinajstić information content (AvgIpc) is 3.15. The summed E-state index contributed by atoms with van der Waals surface area (Å²) in [4.78, 5) is 116. The summed E-state index contributed by atoms with van der Waals surface area (Å²) in [5.74, 6) is -7.06. The molecule has 7 N–H and O–H groups in total. The molecule has 0 bridgehead atoms. The van der Waals surface area contributed by atoms with E-state index in [1.807, 2.05) is 27.7 Å². The highest BCUT2D eigenvalue weighted by Crippen LogP contribution is 2.22. The molecule has 1 saturated heterocycles. The van der Waals surface area contributed by atoms with E-state index in [1.54, 1.807) is 30.0 Å². The van der Waals surface area contributed by atoms with Crippen molar-refractivity contribution in [3.63, 3.8) is 0 Å². The minimum absolute atomic E-state index is 0.0203. The summed E-state index contributed by atoms with van der Waals surface area (Å²) in [5.41, 5.74) is 0.301. The normalized spacial score (nSPS) is 15.0. The van der Waals surface area contributed by atoms with Gasteiger partial charge in [0.05, 0.1) is 25.7 Å². The first-order valence-corrected chi connectivity index (χ1v) is 18.9. The maximum atomic E-state index is 13.9. The summed E-state index contributed by atoms with van der Waals surface area (Å²) < 4.78 is 5.28. The Morgan fingerprint density at radius 1 is 0.804 bits per heavy atom. The Hall–Kier alpha value is -5.55. The van der Waals surface area contributed by atoms with E-state index < -0.39 is 78.1 Å². The van der Waals surface area contributed by atoms with Crippen molar-refractivity contribution in [3.05, 3.63) is 35.9 Å². The first-order valence-electron chi connectivity index (χ1n) is 18.9. The van der Waals surface area contributed by atoms with Gasteiger partial charge in [-0.15, -0.1) is 0 Å². The third-order valence-corrected chi connectivity index (χ3v) is 8.82. The van der Waals surface area contributed by atoms with E-state index in [0.29, 0.717) is 24.8 Å². The zero-order chi connectivity index (χ0) is 41.9. The van der Waals surface area contributed by atoms with Crippen LogP contribution in [0.4, 0.5) is 4.79 Å². The van der Waals surface area contributed by atoms with Gasteiger partial charge < -0.3 is 46.6 Å². The van der Waals surface area contributed by atoms with E-state index in [4.69, 9.17) is 4.74 Å². The lowest BCUT2D eigenvalue weighted by atomic mass is 9.88. The van der Waals surface area contributed by atoms with Gasteiger partial charge in [0.15, 0.2) is 6.04 Å². The van der Waals surface area contributed by atoms with Crippen molar-refractivity contribution in [2.75, 3.05) is 32.8 Å². The number of likely N-dealkylation sites (tertiary alicyclic amines) is 1. The molecule has 310 valence electrons. The third kappa shape index (κ3) is 16.0. The van der Waals surface area contributed by atoms with Crippen LogP contribution in [0.3, 0.4) is 0 Å². The number of amides is 7. The second-order valence-electron chi connectivity index (χ2n) is 14.6. The Morgan fingerprint density at radius 3 is 1.98 bits per heavy atom. The molecular formula is C38H57N7O11. The van der Waals surface area contributed by atoms with Crippen molar-refractivity contribution in [1.29, 1.82) is 0 Å². The minimum Gasteiger partial charge on any atom is -0.479 e. The standard InChI is InChI=1S/C38H57N7O11/c1-7-11-27(33(49)36(52)40-19-29(47)43-32(37(53)54)25-12-9-8-10-13-25)41-34(50)28(18-22(2)3)42-35(51)31(44-38(55)56-21-23(4)5)26-14-16-45(17-15-26)30(48)20-39-24(6)46/h8-10,12-13,22-23,26-28,31-32H,7,11,14-21H2,1-6H3,(H,39,46)(H,40,52)(H,41,50)(H,42,51)(H,43,47)(H,44,55)(H,53,54)/t27?,28-,31-,32-/m0/s1. The molecule has 56 heavy (non-hydrogen) atoms. The number of ketones is 1. The highest BCUT2D eigenvalue weighted by Gasteiger charge is 2.37. The van der Waals surface area contributed by atoms with Crippen LogP contribution in [-0.4, -0.2) is 114 Å². The van der Waals surface area contributed by atoms with Crippen molar-refractivity contribution >= 4 is 53.3 Å². The first kappa shape index (κ1) is 46.6. The maximum absolute atomic E-state index is 13.9. The SMILES string of the molecule is CCCC(NC(=O)[C@H](CC(C)C)NC(=O)[C@@H](NC(=O)OCC(C)C)C1CCN(C(=O)CNC(C)=O)CC1)C(=O)C(=O)NCC(=O)N[C@H](C(=O)O)c1ccccc1. The number of carbonyl (C=O) groups excluding carboxylic acids is 8. The molecule has 18 heteroatoms. The van der Waals surface area contributed by atoms with Crippen LogP contribution < -0.4 is 31.9 Å². The van der Waals surface area contributed by atoms with Gasteiger partial charge >= 0.3 is 12.1 Å². The van der Waals surface area contributed by atoms with Crippen LogP contribution in [0.1, 0.15) is 85.3 Å². The lowest BCUT2D eigenvalue weighted by Gasteiger charge is -2.36. The Labute approximate surface area is 327 Å². The van der Waals surface area contributed by atoms with Crippen LogP contribution in [0.5, 0.6) is 0 Å². The molecule has 0 saturated carbocycles. The van der Waals surface area contributed by atoms with E-state index in [0.717, 1.165) is 0 Å². The number of alkyl carbamates (subject to hydrolysis) is 1. The van der Waals surface area contributed by atoms with Gasteiger partial charge in [-0.2, -0.15) is 0 Å². The van der Waals surface area contributed by atoms with Crippen LogP contribution in [0.25, 0.3) is 0 Å². The molecule has 0 aromatic heterocycles. The predicted octanol–water partition coefficient (Wildman–Crippen LogP) is 0.555. The number of piperidine rings is 1. The van der Waals surface area contributed by atoms with Gasteiger partial charge in [0, 0.05) is 20.0 Å². The van der Waals surface area contributed by atoms with Crippen LogP contribution in [0.2, 0.25) is 0 Å². The first-order chi connectivity index (χ1) is 26.4.